The van der Waals surface area contributed by atoms with Crippen LogP contribution in [0.5, 0.6) is 0 Å². The molecule has 6 heteroatoms. The van der Waals surface area contributed by atoms with Gasteiger partial charge in [0.25, 0.3) is 0 Å². The third kappa shape index (κ3) is 3.74. The van der Waals surface area contributed by atoms with Gasteiger partial charge in [-0.3, -0.25) is 0 Å². The monoisotopic (exact) mass is 435 g/mol. The van der Waals surface area contributed by atoms with Crippen molar-refractivity contribution >= 4 is 31.1 Å². The maximum absolute atomic E-state index is 12.3. The Morgan fingerprint density at radius 1 is 1.33 bits per heavy atom. The quantitative estimate of drug-likeness (QED) is 0.373. The fourth-order valence-electron chi connectivity index (χ4n) is 2.99. The Hall–Kier alpha value is -1.57. The summed E-state index contributed by atoms with van der Waals surface area (Å²) >= 11 is -0.977. The van der Waals surface area contributed by atoms with E-state index in [2.05, 4.69) is 13.0 Å². The van der Waals surface area contributed by atoms with Crippen LogP contribution in [0.15, 0.2) is 24.3 Å². The van der Waals surface area contributed by atoms with Crippen LogP contribution in [0, 0.1) is 6.92 Å². The zero-order valence-electron chi connectivity index (χ0n) is 13.6. The second kappa shape index (κ2) is 7.13. The summed E-state index contributed by atoms with van der Waals surface area (Å²) in [6, 6.07) is 8.00. The topological polar surface area (TPSA) is 60.4 Å². The van der Waals surface area contributed by atoms with Crippen LogP contribution in [0.1, 0.15) is 42.3 Å². The molecule has 1 aromatic heterocycles. The summed E-state index contributed by atoms with van der Waals surface area (Å²) < 4.78 is 5.33. The van der Waals surface area contributed by atoms with Crippen molar-refractivity contribution in [3.8, 4) is 0 Å². The van der Waals surface area contributed by atoms with Gasteiger partial charge in [0.05, 0.1) is 0 Å². The molecule has 1 aliphatic heterocycles. The first-order valence-electron chi connectivity index (χ1n) is 7.82. The summed E-state index contributed by atoms with van der Waals surface area (Å²) in [4.78, 5) is 34.7. The molecule has 0 saturated carbocycles. The number of aryl methyl sites for hydroxylation is 1. The van der Waals surface area contributed by atoms with Crippen LogP contribution in [-0.2, 0) is 25.7 Å². The summed E-state index contributed by atoms with van der Waals surface area (Å²) in [5, 5.41) is 2.13. The first kappa shape index (κ1) is 17.3. The number of hydrogen-bond donors (Lipinski definition) is 0. The predicted molar refractivity (Wildman–Crippen MR) is 87.5 cm³/mol. The number of rotatable bonds is 3. The molecule has 3 rings (SSSR count). The molecule has 0 amide bonds. The molecule has 1 saturated heterocycles. The number of ether oxygens (including phenoxy) is 1. The average molecular weight is 435 g/mol. The van der Waals surface area contributed by atoms with Crippen LogP contribution in [0.2, 0.25) is 0 Å². The number of carbonyl (C=O) groups excluding carboxylic acids is 3. The van der Waals surface area contributed by atoms with E-state index in [9.17, 15) is 14.4 Å². The first-order valence-corrected chi connectivity index (χ1v) is 9.98. The van der Waals surface area contributed by atoms with Crippen molar-refractivity contribution in [1.29, 1.82) is 0 Å². The van der Waals surface area contributed by atoms with Gasteiger partial charge in [-0.1, -0.05) is 0 Å². The number of benzene rings is 1. The Kier molecular flexibility index (Phi) is 5.13. The standard InChI is InChI=1S/C18H17BIO4/c1-10-15(14-5-6-17(22)20-18(14)23)8-13-4-3-12(7-16(13)19-10)9-24-11(2)21/h3-4,7-8,14H,5-6,9H2,1-2H3/q-1. The Morgan fingerprint density at radius 2 is 2.12 bits per heavy atom. The van der Waals surface area contributed by atoms with Gasteiger partial charge in [0.15, 0.2) is 0 Å². The van der Waals surface area contributed by atoms with Crippen LogP contribution in [-0.4, -0.2) is 20.5 Å². The number of hydrogen-bond acceptors (Lipinski definition) is 4. The van der Waals surface area contributed by atoms with E-state index in [4.69, 9.17) is 4.74 Å². The molecule has 0 N–H and O–H groups in total. The molecule has 1 atom stereocenters. The van der Waals surface area contributed by atoms with E-state index in [-0.39, 0.29) is 26.1 Å². The number of halogens is 1. The number of fused-ring (bicyclic) bond motifs is 1. The summed E-state index contributed by atoms with van der Waals surface area (Å²) in [7, 11) is 0. The van der Waals surface area contributed by atoms with Crippen molar-refractivity contribution < 1.29 is 40.3 Å². The molecule has 0 aliphatic carbocycles. The van der Waals surface area contributed by atoms with E-state index < -0.39 is 21.2 Å². The van der Waals surface area contributed by atoms with E-state index in [0.29, 0.717) is 12.8 Å². The van der Waals surface area contributed by atoms with Gasteiger partial charge in [-0.2, -0.15) is 0 Å². The van der Waals surface area contributed by atoms with Gasteiger partial charge in [0, 0.05) is 0 Å². The fraction of sp³-hybridized carbons (Fsp3) is 0.333. The number of carbonyl (C=O) groups is 3. The van der Waals surface area contributed by atoms with Crippen molar-refractivity contribution in [2.24, 2.45) is 0 Å². The van der Waals surface area contributed by atoms with Crippen molar-refractivity contribution in [2.45, 2.75) is 39.2 Å². The van der Waals surface area contributed by atoms with E-state index in [1.165, 1.54) is 6.92 Å². The Morgan fingerprint density at radius 3 is 2.83 bits per heavy atom. The molecule has 2 heterocycles. The minimum absolute atomic E-state index is 0.124. The van der Waals surface area contributed by atoms with E-state index in [0.717, 1.165) is 27.3 Å². The van der Waals surface area contributed by atoms with Crippen molar-refractivity contribution in [1.82, 2.24) is 0 Å². The molecule has 0 radical (unpaired) electrons. The van der Waals surface area contributed by atoms with Crippen molar-refractivity contribution in [3.63, 3.8) is 0 Å². The van der Waals surface area contributed by atoms with Gasteiger partial charge in [0.2, 0.25) is 0 Å². The minimum atomic E-state index is -0.977. The summed E-state index contributed by atoms with van der Waals surface area (Å²) in [6.07, 6.45) is 1.16. The zero-order chi connectivity index (χ0) is 17.3. The van der Waals surface area contributed by atoms with Crippen molar-refractivity contribution in [3.05, 3.63) is 40.9 Å². The van der Waals surface area contributed by atoms with Crippen LogP contribution in [0.3, 0.4) is 0 Å². The molecule has 4 nitrogen and oxygen atoms in total. The molecule has 0 bridgehead atoms. The van der Waals surface area contributed by atoms with Gasteiger partial charge in [-0.15, -0.1) is 0 Å². The molecule has 1 aliphatic rings. The summed E-state index contributed by atoms with van der Waals surface area (Å²) in [5.74, 6) is -0.420. The molecule has 1 fully saturated rings. The maximum atomic E-state index is 12.3. The molecule has 2 aromatic rings. The van der Waals surface area contributed by atoms with Crippen LogP contribution >= 0.6 is 0 Å². The molecular formula is C18H17BIO4-. The van der Waals surface area contributed by atoms with E-state index in [1.54, 1.807) is 0 Å². The molecule has 124 valence electrons. The molecule has 0 spiro atoms. The summed E-state index contributed by atoms with van der Waals surface area (Å²) in [5.41, 5.74) is 3.06. The summed E-state index contributed by atoms with van der Waals surface area (Å²) in [6.45, 7) is 5.74. The van der Waals surface area contributed by atoms with Crippen molar-refractivity contribution in [2.75, 3.05) is 0 Å². The third-order valence-corrected chi connectivity index (χ3v) is 6.63. The number of esters is 1. The Bertz CT molecular complexity index is 846. The van der Waals surface area contributed by atoms with E-state index in [1.807, 2.05) is 25.1 Å². The molecule has 1 unspecified atom stereocenters. The van der Waals surface area contributed by atoms with Gasteiger partial charge >= 0.3 is 152 Å². The van der Waals surface area contributed by atoms with Gasteiger partial charge in [0.1, 0.15) is 0 Å². The SMILES string of the molecule is CC(=O)OCc1ccc2cc(C3CCC(=O)[I-]C3=O)c(C)bc2c1. The normalized spacial score (nSPS) is 18.2. The fourth-order valence-corrected chi connectivity index (χ4v) is 5.19. The Balaban J connectivity index is 1.93. The first-order chi connectivity index (χ1) is 11.4. The second-order valence-corrected chi connectivity index (χ2v) is 8.82. The third-order valence-electron chi connectivity index (χ3n) is 4.21. The molecule has 24 heavy (non-hydrogen) atoms. The molecule has 1 aromatic carbocycles. The Labute approximate surface area is 151 Å². The van der Waals surface area contributed by atoms with Crippen LogP contribution in [0.4, 0.5) is 0 Å². The van der Waals surface area contributed by atoms with Gasteiger partial charge < -0.3 is 0 Å². The van der Waals surface area contributed by atoms with Crippen LogP contribution < -0.4 is 21.2 Å². The predicted octanol–water partition coefficient (Wildman–Crippen LogP) is -0.431. The van der Waals surface area contributed by atoms with Gasteiger partial charge in [-0.05, 0) is 0 Å². The molecular weight excluding hydrogens is 418 g/mol. The average Bonchev–Trinajstić information content (AvgIpc) is 2.52. The van der Waals surface area contributed by atoms with Gasteiger partial charge in [-0.25, -0.2) is 0 Å². The van der Waals surface area contributed by atoms with Crippen LogP contribution in [0.25, 0.3) is 10.7 Å². The second-order valence-electron chi connectivity index (χ2n) is 6.02. The van der Waals surface area contributed by atoms with E-state index >= 15 is 0 Å². The zero-order valence-corrected chi connectivity index (χ0v) is 15.8.